The lowest BCUT2D eigenvalue weighted by Crippen LogP contribution is -2.13. The van der Waals surface area contributed by atoms with E-state index in [1.54, 1.807) is 0 Å². The van der Waals surface area contributed by atoms with Gasteiger partial charge in [0.2, 0.25) is 0 Å². The number of nitrogens with one attached hydrogen (secondary N) is 1. The minimum absolute atomic E-state index is 0.784. The molecule has 0 unspecified atom stereocenters. The fourth-order valence-electron chi connectivity index (χ4n) is 1.85. The lowest BCUT2D eigenvalue weighted by atomic mass is 10.3. The number of aryl methyl sites for hydroxylation is 1. The predicted octanol–water partition coefficient (Wildman–Crippen LogP) is 2.05. The Morgan fingerprint density at radius 1 is 1.22 bits per heavy atom. The van der Waals surface area contributed by atoms with Gasteiger partial charge in [0.1, 0.15) is 0 Å². The molecule has 0 aliphatic rings. The first-order valence-corrected chi connectivity index (χ1v) is 6.34. The van der Waals surface area contributed by atoms with Crippen LogP contribution in [-0.4, -0.2) is 21.1 Å². The average molecular weight is 244 g/mol. The van der Waals surface area contributed by atoms with Crippen molar-refractivity contribution in [3.05, 3.63) is 47.3 Å². The van der Waals surface area contributed by atoms with Gasteiger partial charge < -0.3 is 9.88 Å². The number of hydrogen-bond acceptors (Lipinski definition) is 3. The molecule has 0 saturated carbocycles. The van der Waals surface area contributed by atoms with Crippen LogP contribution in [0, 0.1) is 13.8 Å². The van der Waals surface area contributed by atoms with E-state index in [0.717, 1.165) is 36.7 Å². The van der Waals surface area contributed by atoms with Crippen molar-refractivity contribution in [3.8, 4) is 0 Å². The smallest absolute Gasteiger partial charge is 0.0955 e. The van der Waals surface area contributed by atoms with Gasteiger partial charge in [-0.1, -0.05) is 13.0 Å². The molecule has 18 heavy (non-hydrogen) atoms. The van der Waals surface area contributed by atoms with Gasteiger partial charge in [-0.15, -0.1) is 0 Å². The maximum Gasteiger partial charge on any atom is 0.0955 e. The molecular formula is C14H20N4. The first kappa shape index (κ1) is 12.8. The molecule has 0 spiro atoms. The normalized spacial score (nSPS) is 10.8. The van der Waals surface area contributed by atoms with E-state index in [-0.39, 0.29) is 0 Å². The molecule has 96 valence electrons. The Hall–Kier alpha value is -1.68. The molecular weight excluding hydrogens is 224 g/mol. The third-order valence-corrected chi connectivity index (χ3v) is 3.10. The van der Waals surface area contributed by atoms with Crippen LogP contribution in [-0.2, 0) is 13.1 Å². The molecule has 0 radical (unpaired) electrons. The molecule has 1 N–H and O–H groups in total. The monoisotopic (exact) mass is 244 g/mol. The Balaban J connectivity index is 2.11. The van der Waals surface area contributed by atoms with Crippen molar-refractivity contribution in [3.63, 3.8) is 0 Å². The first-order chi connectivity index (χ1) is 8.70. The molecule has 2 aromatic rings. The Morgan fingerprint density at radius 3 is 2.67 bits per heavy atom. The largest absolute Gasteiger partial charge is 0.329 e. The van der Waals surface area contributed by atoms with Gasteiger partial charge in [-0.3, -0.25) is 4.98 Å². The Kier molecular flexibility index (Phi) is 4.10. The summed E-state index contributed by atoms with van der Waals surface area (Å²) in [6.45, 7) is 8.79. The van der Waals surface area contributed by atoms with Crippen molar-refractivity contribution in [2.45, 2.75) is 33.9 Å². The van der Waals surface area contributed by atoms with E-state index in [9.17, 15) is 0 Å². The van der Waals surface area contributed by atoms with Crippen LogP contribution in [0.3, 0.4) is 0 Å². The number of nitrogens with zero attached hydrogens (tertiary/aromatic N) is 3. The standard InChI is InChI=1S/C14H20N4/c1-4-15-8-13-6-5-7-14(17-13)9-18-10-16-11(2)12(18)3/h5-7,10,15H,4,8-9H2,1-3H3. The summed E-state index contributed by atoms with van der Waals surface area (Å²) in [4.78, 5) is 8.95. The predicted molar refractivity (Wildman–Crippen MR) is 72.4 cm³/mol. The van der Waals surface area contributed by atoms with Crippen LogP contribution in [0.15, 0.2) is 24.5 Å². The molecule has 2 aromatic heterocycles. The van der Waals surface area contributed by atoms with E-state index in [2.05, 4.69) is 51.9 Å². The van der Waals surface area contributed by atoms with Gasteiger partial charge in [0.15, 0.2) is 0 Å². The minimum Gasteiger partial charge on any atom is -0.329 e. The van der Waals surface area contributed by atoms with Crippen LogP contribution in [0.2, 0.25) is 0 Å². The molecule has 4 nitrogen and oxygen atoms in total. The van der Waals surface area contributed by atoms with Crippen LogP contribution in [0.5, 0.6) is 0 Å². The topological polar surface area (TPSA) is 42.7 Å². The van der Waals surface area contributed by atoms with Gasteiger partial charge in [0.25, 0.3) is 0 Å². The molecule has 0 aromatic carbocycles. The molecule has 0 saturated heterocycles. The summed E-state index contributed by atoms with van der Waals surface area (Å²) in [6.07, 6.45) is 1.88. The minimum atomic E-state index is 0.784. The van der Waals surface area contributed by atoms with Gasteiger partial charge in [-0.25, -0.2) is 4.98 Å². The van der Waals surface area contributed by atoms with Crippen molar-refractivity contribution >= 4 is 0 Å². The number of aromatic nitrogens is 3. The fraction of sp³-hybridized carbons (Fsp3) is 0.429. The van der Waals surface area contributed by atoms with Crippen LogP contribution in [0.4, 0.5) is 0 Å². The second-order valence-electron chi connectivity index (χ2n) is 4.44. The molecule has 2 rings (SSSR count). The zero-order chi connectivity index (χ0) is 13.0. The zero-order valence-electron chi connectivity index (χ0n) is 11.3. The summed E-state index contributed by atoms with van der Waals surface area (Å²) in [5.74, 6) is 0. The average Bonchev–Trinajstić information content (AvgIpc) is 2.69. The summed E-state index contributed by atoms with van der Waals surface area (Å²) in [5, 5.41) is 3.29. The van der Waals surface area contributed by atoms with Crippen LogP contribution >= 0.6 is 0 Å². The highest BCUT2D eigenvalue weighted by atomic mass is 15.1. The number of rotatable bonds is 5. The molecule has 0 aliphatic carbocycles. The maximum atomic E-state index is 4.64. The van der Waals surface area contributed by atoms with Crippen molar-refractivity contribution in [2.24, 2.45) is 0 Å². The molecule has 0 fully saturated rings. The van der Waals surface area contributed by atoms with Gasteiger partial charge >= 0.3 is 0 Å². The molecule has 2 heterocycles. The zero-order valence-corrected chi connectivity index (χ0v) is 11.3. The van der Waals surface area contributed by atoms with Crippen molar-refractivity contribution < 1.29 is 0 Å². The van der Waals surface area contributed by atoms with Crippen molar-refractivity contribution in [1.29, 1.82) is 0 Å². The molecule has 0 atom stereocenters. The lowest BCUT2D eigenvalue weighted by Gasteiger charge is -2.07. The summed E-state index contributed by atoms with van der Waals surface area (Å²) in [5.41, 5.74) is 4.45. The highest BCUT2D eigenvalue weighted by Crippen LogP contribution is 2.08. The summed E-state index contributed by atoms with van der Waals surface area (Å²) in [6, 6.07) is 6.18. The second-order valence-corrected chi connectivity index (χ2v) is 4.44. The highest BCUT2D eigenvalue weighted by Gasteiger charge is 2.04. The maximum absolute atomic E-state index is 4.64. The summed E-state index contributed by atoms with van der Waals surface area (Å²) in [7, 11) is 0. The Bertz CT molecular complexity index is 516. The van der Waals surface area contributed by atoms with Gasteiger partial charge in [0, 0.05) is 12.2 Å². The summed E-state index contributed by atoms with van der Waals surface area (Å²) < 4.78 is 2.13. The van der Waals surface area contributed by atoms with Crippen molar-refractivity contribution in [1.82, 2.24) is 19.9 Å². The number of pyridine rings is 1. The Morgan fingerprint density at radius 2 is 2.00 bits per heavy atom. The fourth-order valence-corrected chi connectivity index (χ4v) is 1.85. The SMILES string of the molecule is CCNCc1cccc(Cn2cnc(C)c2C)n1. The van der Waals surface area contributed by atoms with Gasteiger partial charge in [-0.05, 0) is 32.5 Å². The highest BCUT2D eigenvalue weighted by molar-refractivity contribution is 5.14. The van der Waals surface area contributed by atoms with E-state index < -0.39 is 0 Å². The quantitative estimate of drug-likeness (QED) is 0.875. The summed E-state index contributed by atoms with van der Waals surface area (Å²) >= 11 is 0. The first-order valence-electron chi connectivity index (χ1n) is 6.34. The van der Waals surface area contributed by atoms with Gasteiger partial charge in [-0.2, -0.15) is 0 Å². The molecule has 0 bridgehead atoms. The third kappa shape index (κ3) is 2.96. The number of imidazole rings is 1. The van der Waals surface area contributed by atoms with Crippen molar-refractivity contribution in [2.75, 3.05) is 6.54 Å². The van der Waals surface area contributed by atoms with E-state index in [1.165, 1.54) is 5.69 Å². The lowest BCUT2D eigenvalue weighted by molar-refractivity contribution is 0.693. The van der Waals surface area contributed by atoms with E-state index in [1.807, 2.05) is 13.3 Å². The van der Waals surface area contributed by atoms with Crippen LogP contribution in [0.1, 0.15) is 29.7 Å². The second kappa shape index (κ2) is 5.78. The molecule has 0 aliphatic heterocycles. The van der Waals surface area contributed by atoms with E-state index >= 15 is 0 Å². The third-order valence-electron chi connectivity index (χ3n) is 3.10. The van der Waals surface area contributed by atoms with E-state index in [0.29, 0.717) is 0 Å². The van der Waals surface area contributed by atoms with E-state index in [4.69, 9.17) is 0 Å². The van der Waals surface area contributed by atoms with Gasteiger partial charge in [0.05, 0.1) is 30.0 Å². The Labute approximate surface area is 108 Å². The number of hydrogen-bond donors (Lipinski definition) is 1. The molecule has 4 heteroatoms. The molecule has 0 amide bonds. The van der Waals surface area contributed by atoms with Crippen LogP contribution in [0.25, 0.3) is 0 Å². The van der Waals surface area contributed by atoms with Crippen LogP contribution < -0.4 is 5.32 Å².